The van der Waals surface area contributed by atoms with Gasteiger partial charge in [0.05, 0.1) is 6.10 Å². The predicted molar refractivity (Wildman–Crippen MR) is 42.1 cm³/mol. The Balaban J connectivity index is 1.95. The molecule has 0 heterocycles. The maximum absolute atomic E-state index is 5.46. The SMILES string of the molecule is CO[C@H]1C2C3[C@@H]2C[C@H]1[C@H]3Br. The Morgan fingerprint density at radius 1 is 1.30 bits per heavy atom. The third kappa shape index (κ3) is 0.444. The molecule has 0 aromatic rings. The van der Waals surface area contributed by atoms with E-state index in [1.807, 2.05) is 7.11 Å². The summed E-state index contributed by atoms with van der Waals surface area (Å²) in [5.74, 6) is 3.83. The van der Waals surface area contributed by atoms with Crippen molar-refractivity contribution < 1.29 is 4.74 Å². The van der Waals surface area contributed by atoms with Crippen molar-refractivity contribution in [3.05, 3.63) is 0 Å². The van der Waals surface area contributed by atoms with Crippen LogP contribution in [-0.2, 0) is 4.74 Å². The molecule has 4 aliphatic carbocycles. The summed E-state index contributed by atoms with van der Waals surface area (Å²) in [4.78, 5) is 0.799. The van der Waals surface area contributed by atoms with Gasteiger partial charge in [-0.3, -0.25) is 0 Å². The highest BCUT2D eigenvalue weighted by molar-refractivity contribution is 9.09. The second kappa shape index (κ2) is 1.61. The smallest absolute Gasteiger partial charge is 0.0644 e. The molecule has 4 saturated carbocycles. The largest absolute Gasteiger partial charge is 0.381 e. The minimum absolute atomic E-state index is 0.611. The van der Waals surface area contributed by atoms with Crippen molar-refractivity contribution in [1.82, 2.24) is 0 Å². The first-order valence-corrected chi connectivity index (χ1v) is 4.93. The van der Waals surface area contributed by atoms with Crippen molar-refractivity contribution in [3.63, 3.8) is 0 Å². The highest BCUT2D eigenvalue weighted by Gasteiger charge is 2.73. The fourth-order valence-electron chi connectivity index (χ4n) is 3.32. The van der Waals surface area contributed by atoms with Crippen LogP contribution in [0.5, 0.6) is 0 Å². The molecule has 0 amide bonds. The van der Waals surface area contributed by atoms with Crippen molar-refractivity contribution in [2.24, 2.45) is 23.7 Å². The van der Waals surface area contributed by atoms with Crippen LogP contribution in [0.4, 0.5) is 0 Å². The van der Waals surface area contributed by atoms with Crippen LogP contribution in [0.1, 0.15) is 6.42 Å². The van der Waals surface area contributed by atoms with Gasteiger partial charge in [0.25, 0.3) is 0 Å². The Hall–Kier alpha value is 0.440. The maximum Gasteiger partial charge on any atom is 0.0644 e. The summed E-state index contributed by atoms with van der Waals surface area (Å²) in [7, 11) is 1.86. The number of methoxy groups -OCH3 is 1. The first-order chi connectivity index (χ1) is 4.84. The van der Waals surface area contributed by atoms with E-state index in [4.69, 9.17) is 4.74 Å². The van der Waals surface area contributed by atoms with E-state index in [1.54, 1.807) is 0 Å². The summed E-state index contributed by atoms with van der Waals surface area (Å²) in [6.07, 6.45) is 2.04. The summed E-state index contributed by atoms with van der Waals surface area (Å²) < 4.78 is 5.46. The van der Waals surface area contributed by atoms with Crippen LogP contribution in [0.25, 0.3) is 0 Å². The van der Waals surface area contributed by atoms with Crippen LogP contribution in [0.2, 0.25) is 0 Å². The number of halogens is 1. The first-order valence-electron chi connectivity index (χ1n) is 4.01. The molecule has 1 nitrogen and oxygen atoms in total. The molecule has 0 spiro atoms. The van der Waals surface area contributed by atoms with Crippen molar-refractivity contribution >= 4 is 15.9 Å². The van der Waals surface area contributed by atoms with Crippen molar-refractivity contribution in [2.45, 2.75) is 17.4 Å². The molecule has 0 aromatic carbocycles. The maximum atomic E-state index is 5.46. The van der Waals surface area contributed by atoms with E-state index in [1.165, 1.54) is 6.42 Å². The molecule has 0 aliphatic heterocycles. The first kappa shape index (κ1) is 6.01. The zero-order chi connectivity index (χ0) is 6.88. The van der Waals surface area contributed by atoms with Crippen molar-refractivity contribution in [1.29, 1.82) is 0 Å². The fraction of sp³-hybridized carbons (Fsp3) is 1.00. The number of rotatable bonds is 1. The zero-order valence-corrected chi connectivity index (χ0v) is 7.54. The van der Waals surface area contributed by atoms with E-state index in [-0.39, 0.29) is 0 Å². The van der Waals surface area contributed by atoms with E-state index < -0.39 is 0 Å². The van der Waals surface area contributed by atoms with Gasteiger partial charge in [-0.25, -0.2) is 0 Å². The Bertz CT molecular complexity index is 182. The molecule has 56 valence electrons. The minimum Gasteiger partial charge on any atom is -0.381 e. The van der Waals surface area contributed by atoms with Gasteiger partial charge >= 0.3 is 0 Å². The Labute approximate surface area is 69.3 Å². The zero-order valence-electron chi connectivity index (χ0n) is 5.96. The van der Waals surface area contributed by atoms with Gasteiger partial charge in [-0.1, -0.05) is 15.9 Å². The molecule has 4 aliphatic rings. The molecule has 6 atom stereocenters. The molecule has 0 N–H and O–H groups in total. The van der Waals surface area contributed by atoms with Gasteiger partial charge in [0.15, 0.2) is 0 Å². The highest BCUT2D eigenvalue weighted by Crippen LogP contribution is 2.72. The monoisotopic (exact) mass is 202 g/mol. The summed E-state index contributed by atoms with van der Waals surface area (Å²) in [6.45, 7) is 0. The number of ether oxygens (including phenoxy) is 1. The Kier molecular flexibility index (Phi) is 0.968. The fourth-order valence-corrected chi connectivity index (χ4v) is 4.58. The molecule has 2 unspecified atom stereocenters. The lowest BCUT2D eigenvalue weighted by Gasteiger charge is -2.14. The van der Waals surface area contributed by atoms with E-state index in [0.717, 1.165) is 28.5 Å². The lowest BCUT2D eigenvalue weighted by atomic mass is 10.1. The molecule has 0 aromatic heterocycles. The summed E-state index contributed by atoms with van der Waals surface area (Å²) in [5, 5.41) is 0. The van der Waals surface area contributed by atoms with Crippen LogP contribution in [-0.4, -0.2) is 18.0 Å². The van der Waals surface area contributed by atoms with Crippen LogP contribution in [0.15, 0.2) is 0 Å². The Morgan fingerprint density at radius 2 is 2.10 bits per heavy atom. The normalized spacial score (nSPS) is 69.0. The lowest BCUT2D eigenvalue weighted by molar-refractivity contribution is 0.0732. The minimum atomic E-state index is 0.611. The van der Waals surface area contributed by atoms with Gasteiger partial charge in [0.2, 0.25) is 0 Å². The van der Waals surface area contributed by atoms with Gasteiger partial charge < -0.3 is 4.74 Å². The quantitative estimate of drug-likeness (QED) is 0.589. The van der Waals surface area contributed by atoms with Gasteiger partial charge in [0.1, 0.15) is 0 Å². The number of hydrogen-bond donors (Lipinski definition) is 0. The van der Waals surface area contributed by atoms with Gasteiger partial charge in [-0.15, -0.1) is 0 Å². The van der Waals surface area contributed by atoms with E-state index in [9.17, 15) is 0 Å². The molecule has 0 radical (unpaired) electrons. The van der Waals surface area contributed by atoms with Gasteiger partial charge in [-0.2, -0.15) is 0 Å². The van der Waals surface area contributed by atoms with Gasteiger partial charge in [0, 0.05) is 11.9 Å². The van der Waals surface area contributed by atoms with E-state index >= 15 is 0 Å². The van der Waals surface area contributed by atoms with Crippen molar-refractivity contribution in [2.75, 3.05) is 7.11 Å². The van der Waals surface area contributed by atoms with Crippen LogP contribution in [0.3, 0.4) is 0 Å². The van der Waals surface area contributed by atoms with Crippen LogP contribution >= 0.6 is 15.9 Å². The molecule has 4 bridgehead atoms. The average molecular weight is 203 g/mol. The topological polar surface area (TPSA) is 9.23 Å². The average Bonchev–Trinajstić information content (AvgIpc) is 2.29. The second-order valence-electron chi connectivity index (χ2n) is 3.86. The molecular weight excluding hydrogens is 192 g/mol. The molecule has 2 heteroatoms. The van der Waals surface area contributed by atoms with E-state index in [0.29, 0.717) is 6.10 Å². The number of hydrogen-bond acceptors (Lipinski definition) is 1. The third-order valence-electron chi connectivity index (χ3n) is 3.69. The molecule has 4 rings (SSSR count). The second-order valence-corrected chi connectivity index (χ2v) is 4.92. The van der Waals surface area contributed by atoms with Crippen LogP contribution < -0.4 is 0 Å². The molecule has 4 fully saturated rings. The predicted octanol–water partition coefficient (Wildman–Crippen LogP) is 1.66. The summed E-state index contributed by atoms with van der Waals surface area (Å²) >= 11 is 3.75. The highest BCUT2D eigenvalue weighted by atomic mass is 79.9. The molecule has 0 saturated heterocycles. The van der Waals surface area contributed by atoms with E-state index in [2.05, 4.69) is 15.9 Å². The van der Waals surface area contributed by atoms with Crippen LogP contribution in [0, 0.1) is 23.7 Å². The third-order valence-corrected chi connectivity index (χ3v) is 4.98. The van der Waals surface area contributed by atoms with Crippen molar-refractivity contribution in [3.8, 4) is 0 Å². The summed E-state index contributed by atoms with van der Waals surface area (Å²) in [6, 6.07) is 0. The summed E-state index contributed by atoms with van der Waals surface area (Å²) in [5.41, 5.74) is 0. The molecular formula is C8H11BrO. The molecule has 10 heavy (non-hydrogen) atoms. The number of alkyl halides is 1. The van der Waals surface area contributed by atoms with Gasteiger partial charge in [-0.05, 0) is 30.1 Å². The lowest BCUT2D eigenvalue weighted by Crippen LogP contribution is -2.18. The Morgan fingerprint density at radius 3 is 2.30 bits per heavy atom. The standard InChI is InChI=1S/C8H11BrO/c1-10-8-4-2-3-5(6(3)8)7(4)9/h3-8H,2H2,1H3/t3-,4-,5?,6?,7+,8+/m0/s1.